The van der Waals surface area contributed by atoms with E-state index in [0.29, 0.717) is 48.2 Å². The summed E-state index contributed by atoms with van der Waals surface area (Å²) < 4.78 is 8.14. The third-order valence-corrected chi connectivity index (χ3v) is 11.8. The Morgan fingerprint density at radius 3 is 2.67 bits per heavy atom. The number of amides is 3. The number of nitrogens with one attached hydrogen (secondary N) is 3. The Bertz CT molecular complexity index is 1970. The van der Waals surface area contributed by atoms with E-state index in [2.05, 4.69) is 38.2 Å². The molecular weight excluding hydrogens is 688 g/mol. The van der Waals surface area contributed by atoms with Crippen molar-refractivity contribution < 1.29 is 19.1 Å². The van der Waals surface area contributed by atoms with Crippen molar-refractivity contribution in [3.05, 3.63) is 74.3 Å². The molecule has 2 aliphatic heterocycles. The molecule has 3 N–H and O–H groups in total. The number of ether oxygens (including phenoxy) is 1. The fourth-order valence-electron chi connectivity index (χ4n) is 7.43. The van der Waals surface area contributed by atoms with E-state index in [1.54, 1.807) is 11.1 Å². The van der Waals surface area contributed by atoms with Crippen LogP contribution in [0.25, 0.3) is 11.3 Å². The first-order valence-electron chi connectivity index (χ1n) is 17.8. The zero-order valence-electron chi connectivity index (χ0n) is 28.5. The first-order chi connectivity index (χ1) is 24.8. The first-order valence-corrected chi connectivity index (χ1v) is 19.0. The number of carbonyl (C=O) groups is 3. The van der Waals surface area contributed by atoms with Crippen molar-refractivity contribution in [1.29, 1.82) is 0 Å². The van der Waals surface area contributed by atoms with Crippen molar-refractivity contribution in [3.63, 3.8) is 0 Å². The average molecular weight is 729 g/mol. The van der Waals surface area contributed by atoms with Gasteiger partial charge in [0.2, 0.25) is 17.8 Å². The topological polar surface area (TPSA) is 143 Å². The molecule has 266 valence electrons. The number of rotatable bonds is 12. The van der Waals surface area contributed by atoms with Crippen LogP contribution in [0.3, 0.4) is 0 Å². The summed E-state index contributed by atoms with van der Waals surface area (Å²) in [4.78, 5) is 49.0. The molecule has 1 aromatic carbocycles. The van der Waals surface area contributed by atoms with E-state index >= 15 is 0 Å². The van der Waals surface area contributed by atoms with Gasteiger partial charge in [-0.25, -0.2) is 9.97 Å². The predicted octanol–water partition coefficient (Wildman–Crippen LogP) is 5.40. The number of hydrogen-bond acceptors (Lipinski definition) is 10. The summed E-state index contributed by atoms with van der Waals surface area (Å²) in [7, 11) is 1.98. The molecule has 51 heavy (non-hydrogen) atoms. The van der Waals surface area contributed by atoms with Crippen molar-refractivity contribution in [2.45, 2.75) is 95.6 Å². The summed E-state index contributed by atoms with van der Waals surface area (Å²) >= 11 is 8.09. The molecule has 8 rings (SSSR count). The molecule has 3 amide bonds. The molecular formula is C37H41ClN8O4S. The molecule has 12 nitrogen and oxygen atoms in total. The van der Waals surface area contributed by atoms with Gasteiger partial charge in [-0.3, -0.25) is 24.4 Å². The monoisotopic (exact) mass is 728 g/mol. The molecule has 14 heteroatoms. The number of imide groups is 1. The molecule has 3 aromatic heterocycles. The largest absolute Gasteiger partial charge is 0.488 e. The Morgan fingerprint density at radius 2 is 1.86 bits per heavy atom. The molecule has 0 bridgehead atoms. The minimum Gasteiger partial charge on any atom is -0.488 e. The number of aromatic nitrogens is 4. The average Bonchev–Trinajstić information content (AvgIpc) is 3.63. The maximum atomic E-state index is 13.1. The smallest absolute Gasteiger partial charge is 0.256 e. The molecule has 0 spiro atoms. The highest BCUT2D eigenvalue weighted by Crippen LogP contribution is 2.37. The lowest BCUT2D eigenvalue weighted by atomic mass is 9.91. The van der Waals surface area contributed by atoms with Crippen LogP contribution < -0.4 is 20.7 Å². The summed E-state index contributed by atoms with van der Waals surface area (Å²) in [5, 5.41) is 16.5. The van der Waals surface area contributed by atoms with Crippen LogP contribution in [0, 0.1) is 5.92 Å². The van der Waals surface area contributed by atoms with Crippen LogP contribution in [0.4, 0.5) is 5.95 Å². The van der Waals surface area contributed by atoms with Gasteiger partial charge in [-0.1, -0.05) is 23.7 Å². The van der Waals surface area contributed by atoms with Gasteiger partial charge in [0.25, 0.3) is 5.91 Å². The number of hydrogen-bond donors (Lipinski definition) is 3. The molecule has 2 saturated carbocycles. The lowest BCUT2D eigenvalue weighted by molar-refractivity contribution is -0.136. The second-order valence-corrected chi connectivity index (χ2v) is 15.5. The van der Waals surface area contributed by atoms with Gasteiger partial charge >= 0.3 is 0 Å². The Balaban J connectivity index is 0.812. The predicted molar refractivity (Wildman–Crippen MR) is 193 cm³/mol. The normalized spacial score (nSPS) is 21.9. The summed E-state index contributed by atoms with van der Waals surface area (Å²) in [6, 6.07) is 8.18. The van der Waals surface area contributed by atoms with Crippen LogP contribution in [-0.2, 0) is 42.8 Å². The second kappa shape index (κ2) is 14.4. The van der Waals surface area contributed by atoms with Crippen LogP contribution in [0.2, 0.25) is 5.02 Å². The van der Waals surface area contributed by atoms with E-state index in [0.717, 1.165) is 77.6 Å². The van der Waals surface area contributed by atoms with E-state index in [1.165, 1.54) is 29.9 Å². The minimum absolute atomic E-state index is 0.161. The molecule has 4 aliphatic rings. The lowest BCUT2D eigenvalue weighted by Crippen LogP contribution is -2.52. The lowest BCUT2D eigenvalue weighted by Gasteiger charge is -2.30. The standard InChI is InChI=1S/C37H41ClN8O4S/c1-45-31(14-21-5-6-21)26(16-41-45)34-29(38)17-40-37(44-34)42-24-9-7-23(8-10-24)39-15-22-3-2-4-25(13-22)50-19-32-27-18-46(36(49)28(27)20-51-32)30-11-12-33(47)43-35(30)48/h2-4,13,16-17,20-21,23-24,30,39H,5-12,14-15,18-19H2,1H3,(H,40,42,44)(H,43,47,48)/t23?,24?,30-/m0/s1. The number of anilines is 1. The van der Waals surface area contributed by atoms with Gasteiger partial charge in [0, 0.05) is 65.7 Å². The number of halogens is 1. The molecule has 0 unspecified atom stereocenters. The second-order valence-electron chi connectivity index (χ2n) is 14.1. The molecule has 3 fully saturated rings. The molecule has 1 saturated heterocycles. The zero-order chi connectivity index (χ0) is 35.1. The van der Waals surface area contributed by atoms with Crippen LogP contribution in [0.5, 0.6) is 5.75 Å². The summed E-state index contributed by atoms with van der Waals surface area (Å²) in [5.41, 5.74) is 5.58. The Morgan fingerprint density at radius 1 is 1.04 bits per heavy atom. The molecule has 0 radical (unpaired) electrons. The van der Waals surface area contributed by atoms with Crippen molar-refractivity contribution in [2.75, 3.05) is 5.32 Å². The highest BCUT2D eigenvalue weighted by Gasteiger charge is 2.40. The number of benzene rings is 1. The number of piperidine rings is 1. The van der Waals surface area contributed by atoms with Gasteiger partial charge in [0.15, 0.2) is 0 Å². The third-order valence-electron chi connectivity index (χ3n) is 10.6. The van der Waals surface area contributed by atoms with Gasteiger partial charge in [0.1, 0.15) is 18.4 Å². The minimum atomic E-state index is -0.620. The number of aryl methyl sites for hydroxylation is 1. The summed E-state index contributed by atoms with van der Waals surface area (Å²) in [5.74, 6) is 1.25. The van der Waals surface area contributed by atoms with Gasteiger partial charge < -0.3 is 20.3 Å². The van der Waals surface area contributed by atoms with Crippen molar-refractivity contribution in [1.82, 2.24) is 35.3 Å². The third kappa shape index (κ3) is 7.38. The van der Waals surface area contributed by atoms with Crippen LogP contribution in [-0.4, -0.2) is 60.5 Å². The summed E-state index contributed by atoms with van der Waals surface area (Å²) in [6.45, 7) is 1.43. The van der Waals surface area contributed by atoms with Crippen molar-refractivity contribution in [2.24, 2.45) is 13.0 Å². The number of thiophene rings is 1. The van der Waals surface area contributed by atoms with E-state index in [4.69, 9.17) is 21.3 Å². The highest BCUT2D eigenvalue weighted by atomic mass is 35.5. The Labute approximate surface area is 305 Å². The van der Waals surface area contributed by atoms with E-state index < -0.39 is 11.9 Å². The number of carbonyl (C=O) groups excluding carboxylic acids is 3. The number of nitrogens with zero attached hydrogens (tertiary/aromatic N) is 5. The van der Waals surface area contributed by atoms with E-state index in [1.807, 2.05) is 35.4 Å². The molecule has 2 aliphatic carbocycles. The quantitative estimate of drug-likeness (QED) is 0.164. The SMILES string of the molecule is Cn1ncc(-c2nc(NC3CCC(NCc4cccc(OCc5scc6c5CN([C@H]5CCC(=O)NC5=O)C6=O)c4)CC3)ncc2Cl)c1CC1CC1. The molecule has 4 aromatic rings. The summed E-state index contributed by atoms with van der Waals surface area (Å²) in [6.07, 6.45) is 11.8. The fraction of sp³-hybridized carbons (Fsp3) is 0.459. The van der Waals surface area contributed by atoms with Gasteiger partial charge in [0.05, 0.1) is 28.7 Å². The van der Waals surface area contributed by atoms with Crippen LogP contribution in [0.15, 0.2) is 42.0 Å². The van der Waals surface area contributed by atoms with E-state index in [9.17, 15) is 14.4 Å². The van der Waals surface area contributed by atoms with E-state index in [-0.39, 0.29) is 18.2 Å². The maximum absolute atomic E-state index is 13.1. The van der Waals surface area contributed by atoms with Crippen LogP contribution in [0.1, 0.15) is 83.4 Å². The highest BCUT2D eigenvalue weighted by molar-refractivity contribution is 7.10. The van der Waals surface area contributed by atoms with Gasteiger partial charge in [-0.2, -0.15) is 5.10 Å². The maximum Gasteiger partial charge on any atom is 0.256 e. The van der Waals surface area contributed by atoms with Crippen LogP contribution >= 0.6 is 22.9 Å². The zero-order valence-corrected chi connectivity index (χ0v) is 30.1. The first kappa shape index (κ1) is 33.8. The number of fused-ring (bicyclic) bond motifs is 1. The molecule has 1 atom stereocenters. The Hall–Kier alpha value is -4.33. The van der Waals surface area contributed by atoms with Gasteiger partial charge in [-0.15, -0.1) is 11.3 Å². The fourth-order valence-corrected chi connectivity index (χ4v) is 8.57. The van der Waals surface area contributed by atoms with Crippen molar-refractivity contribution in [3.8, 4) is 17.0 Å². The van der Waals surface area contributed by atoms with Crippen molar-refractivity contribution >= 4 is 46.6 Å². The Kier molecular flexibility index (Phi) is 9.51. The van der Waals surface area contributed by atoms with Gasteiger partial charge in [-0.05, 0) is 75.0 Å². The molecule has 5 heterocycles.